The fourth-order valence-corrected chi connectivity index (χ4v) is 3.36. The van der Waals surface area contributed by atoms with Gasteiger partial charge >= 0.3 is 0 Å². The topological polar surface area (TPSA) is 38.3 Å². The summed E-state index contributed by atoms with van der Waals surface area (Å²) in [6.45, 7) is 1.25. The largest absolute Gasteiger partial charge is 0.493 e. The van der Waals surface area contributed by atoms with E-state index in [0.717, 1.165) is 17.9 Å². The zero-order chi connectivity index (χ0) is 18.7. The number of ether oxygens (including phenoxy) is 1. The number of hydrogen-bond donors (Lipinski definition) is 1. The predicted octanol–water partition coefficient (Wildman–Crippen LogP) is 4.83. The summed E-state index contributed by atoms with van der Waals surface area (Å²) in [6, 6.07) is 27.7. The van der Waals surface area contributed by atoms with Gasteiger partial charge in [0.1, 0.15) is 5.75 Å². The van der Waals surface area contributed by atoms with E-state index in [9.17, 15) is 4.79 Å². The van der Waals surface area contributed by atoms with Crippen molar-refractivity contribution in [3.05, 3.63) is 96.1 Å². The van der Waals surface area contributed by atoms with Gasteiger partial charge in [0, 0.05) is 22.8 Å². The number of thioether (sulfide) groups is 1. The van der Waals surface area contributed by atoms with Crippen LogP contribution in [-0.2, 0) is 6.42 Å². The minimum Gasteiger partial charge on any atom is -0.493 e. The van der Waals surface area contributed by atoms with E-state index in [2.05, 4.69) is 29.6 Å². The lowest BCUT2D eigenvalue weighted by atomic mass is 10.1. The van der Waals surface area contributed by atoms with E-state index >= 15 is 0 Å². The van der Waals surface area contributed by atoms with Crippen LogP contribution in [0.15, 0.2) is 89.8 Å². The second kappa shape index (κ2) is 10.4. The summed E-state index contributed by atoms with van der Waals surface area (Å²) in [7, 11) is 0. The molecule has 0 atom stereocenters. The molecule has 3 nitrogen and oxygen atoms in total. The van der Waals surface area contributed by atoms with Crippen LogP contribution in [0.5, 0.6) is 5.75 Å². The van der Waals surface area contributed by atoms with Crippen molar-refractivity contribution in [1.82, 2.24) is 5.32 Å². The number of rotatable bonds is 9. The first-order valence-corrected chi connectivity index (χ1v) is 10.0. The van der Waals surface area contributed by atoms with Crippen LogP contribution < -0.4 is 10.1 Å². The summed E-state index contributed by atoms with van der Waals surface area (Å²) in [4.78, 5) is 13.4. The lowest BCUT2D eigenvalue weighted by Crippen LogP contribution is -2.25. The zero-order valence-electron chi connectivity index (χ0n) is 15.1. The molecule has 3 aromatic carbocycles. The van der Waals surface area contributed by atoms with Crippen molar-refractivity contribution in [3.63, 3.8) is 0 Å². The van der Waals surface area contributed by atoms with Crippen molar-refractivity contribution in [2.24, 2.45) is 0 Å². The van der Waals surface area contributed by atoms with Crippen LogP contribution in [-0.4, -0.2) is 24.8 Å². The molecule has 138 valence electrons. The average Bonchev–Trinajstić information content (AvgIpc) is 2.73. The molecule has 27 heavy (non-hydrogen) atoms. The number of nitrogens with one attached hydrogen (secondary N) is 1. The van der Waals surface area contributed by atoms with Gasteiger partial charge in [-0.3, -0.25) is 4.79 Å². The highest BCUT2D eigenvalue weighted by atomic mass is 32.2. The second-order valence-electron chi connectivity index (χ2n) is 6.03. The Balaban J connectivity index is 1.38. The second-order valence-corrected chi connectivity index (χ2v) is 7.19. The SMILES string of the molecule is O=C(NCCc1ccccc1)c1ccc(OCCSc2ccccc2)cc1. The zero-order valence-corrected chi connectivity index (χ0v) is 16.0. The maximum Gasteiger partial charge on any atom is 0.251 e. The molecule has 0 bridgehead atoms. The van der Waals surface area contributed by atoms with Gasteiger partial charge in [-0.05, 0) is 48.4 Å². The first kappa shape index (κ1) is 19.1. The van der Waals surface area contributed by atoms with Crippen LogP contribution in [0, 0.1) is 0 Å². The minimum atomic E-state index is -0.0582. The van der Waals surface area contributed by atoms with Crippen LogP contribution in [0.2, 0.25) is 0 Å². The fourth-order valence-electron chi connectivity index (χ4n) is 2.61. The third kappa shape index (κ3) is 6.50. The Morgan fingerprint density at radius 2 is 1.52 bits per heavy atom. The summed E-state index contributed by atoms with van der Waals surface area (Å²) in [5.74, 6) is 1.60. The molecule has 1 amide bonds. The Labute approximate surface area is 164 Å². The molecule has 0 saturated carbocycles. The minimum absolute atomic E-state index is 0.0582. The highest BCUT2D eigenvalue weighted by Gasteiger charge is 2.05. The van der Waals surface area contributed by atoms with E-state index < -0.39 is 0 Å². The Kier molecular flexibility index (Phi) is 7.36. The van der Waals surface area contributed by atoms with Crippen LogP contribution in [0.3, 0.4) is 0 Å². The van der Waals surface area contributed by atoms with E-state index in [1.165, 1.54) is 10.5 Å². The molecule has 0 radical (unpaired) electrons. The Morgan fingerprint density at radius 3 is 2.22 bits per heavy atom. The monoisotopic (exact) mass is 377 g/mol. The standard InChI is InChI=1S/C23H23NO2S/c25-23(24-16-15-19-7-3-1-4-8-19)20-11-13-21(14-12-20)26-17-18-27-22-9-5-2-6-10-22/h1-14H,15-18H2,(H,24,25). The summed E-state index contributed by atoms with van der Waals surface area (Å²) < 4.78 is 5.75. The van der Waals surface area contributed by atoms with E-state index in [0.29, 0.717) is 18.7 Å². The summed E-state index contributed by atoms with van der Waals surface area (Å²) >= 11 is 1.77. The molecule has 1 N–H and O–H groups in total. The first-order chi connectivity index (χ1) is 13.3. The summed E-state index contributed by atoms with van der Waals surface area (Å²) in [6.07, 6.45) is 0.826. The van der Waals surface area contributed by atoms with Crippen molar-refractivity contribution in [2.45, 2.75) is 11.3 Å². The van der Waals surface area contributed by atoms with E-state index in [1.54, 1.807) is 23.9 Å². The lowest BCUT2D eigenvalue weighted by Gasteiger charge is -2.08. The van der Waals surface area contributed by atoms with Crippen LogP contribution in [0.1, 0.15) is 15.9 Å². The van der Waals surface area contributed by atoms with E-state index in [1.807, 2.05) is 48.5 Å². The quantitative estimate of drug-likeness (QED) is 0.429. The molecule has 0 aliphatic carbocycles. The third-order valence-electron chi connectivity index (χ3n) is 4.02. The highest BCUT2D eigenvalue weighted by molar-refractivity contribution is 7.99. The van der Waals surface area contributed by atoms with Gasteiger partial charge in [0.2, 0.25) is 0 Å². The number of benzene rings is 3. The molecule has 0 saturated heterocycles. The smallest absolute Gasteiger partial charge is 0.251 e. The van der Waals surface area contributed by atoms with Gasteiger partial charge in [0.15, 0.2) is 0 Å². The number of hydrogen-bond acceptors (Lipinski definition) is 3. The van der Waals surface area contributed by atoms with Crippen molar-refractivity contribution in [3.8, 4) is 5.75 Å². The van der Waals surface area contributed by atoms with Crippen molar-refractivity contribution < 1.29 is 9.53 Å². The Bertz CT molecular complexity index is 820. The average molecular weight is 378 g/mol. The molecular formula is C23H23NO2S. The summed E-state index contributed by atoms with van der Waals surface area (Å²) in [5, 5.41) is 2.95. The van der Waals surface area contributed by atoms with Gasteiger partial charge in [-0.15, -0.1) is 11.8 Å². The molecule has 3 aromatic rings. The van der Waals surface area contributed by atoms with Crippen LogP contribution >= 0.6 is 11.8 Å². The van der Waals surface area contributed by atoms with Crippen molar-refractivity contribution in [1.29, 1.82) is 0 Å². The highest BCUT2D eigenvalue weighted by Crippen LogP contribution is 2.18. The number of amides is 1. The first-order valence-electron chi connectivity index (χ1n) is 9.04. The predicted molar refractivity (Wildman–Crippen MR) is 112 cm³/mol. The molecule has 0 aromatic heterocycles. The third-order valence-corrected chi connectivity index (χ3v) is 5.00. The number of carbonyl (C=O) groups excluding carboxylic acids is 1. The lowest BCUT2D eigenvalue weighted by molar-refractivity contribution is 0.0954. The van der Waals surface area contributed by atoms with E-state index in [4.69, 9.17) is 4.74 Å². The van der Waals surface area contributed by atoms with E-state index in [-0.39, 0.29) is 5.91 Å². The molecule has 0 unspecified atom stereocenters. The Morgan fingerprint density at radius 1 is 0.852 bits per heavy atom. The van der Waals surface area contributed by atoms with Gasteiger partial charge < -0.3 is 10.1 Å². The molecule has 3 rings (SSSR count). The molecule has 4 heteroatoms. The van der Waals surface area contributed by atoms with Gasteiger partial charge in [0.05, 0.1) is 6.61 Å². The maximum atomic E-state index is 12.2. The molecule has 0 heterocycles. The van der Waals surface area contributed by atoms with Gasteiger partial charge in [-0.25, -0.2) is 0 Å². The normalized spacial score (nSPS) is 10.4. The molecule has 0 spiro atoms. The fraction of sp³-hybridized carbons (Fsp3) is 0.174. The van der Waals surface area contributed by atoms with Gasteiger partial charge in [-0.1, -0.05) is 48.5 Å². The van der Waals surface area contributed by atoms with Crippen LogP contribution in [0.25, 0.3) is 0 Å². The molecular weight excluding hydrogens is 354 g/mol. The summed E-state index contributed by atoms with van der Waals surface area (Å²) in [5.41, 5.74) is 1.86. The van der Waals surface area contributed by atoms with Gasteiger partial charge in [0.25, 0.3) is 5.91 Å². The van der Waals surface area contributed by atoms with Gasteiger partial charge in [-0.2, -0.15) is 0 Å². The van der Waals surface area contributed by atoms with Crippen molar-refractivity contribution >= 4 is 17.7 Å². The number of carbonyl (C=O) groups is 1. The molecule has 0 fully saturated rings. The molecule has 0 aliphatic heterocycles. The van der Waals surface area contributed by atoms with Crippen LogP contribution in [0.4, 0.5) is 0 Å². The van der Waals surface area contributed by atoms with Crippen molar-refractivity contribution in [2.75, 3.05) is 18.9 Å². The Hall–Kier alpha value is -2.72. The molecule has 0 aliphatic rings. The maximum absolute atomic E-state index is 12.2.